The summed E-state index contributed by atoms with van der Waals surface area (Å²) in [5, 5.41) is 13.1. The van der Waals surface area contributed by atoms with Crippen molar-refractivity contribution in [3.05, 3.63) is 44.8 Å². The van der Waals surface area contributed by atoms with Crippen LogP contribution >= 0.6 is 31.9 Å². The van der Waals surface area contributed by atoms with Gasteiger partial charge in [0.1, 0.15) is 5.75 Å². The van der Waals surface area contributed by atoms with Crippen molar-refractivity contribution in [1.82, 2.24) is 0 Å². The summed E-state index contributed by atoms with van der Waals surface area (Å²) in [5.74, 6) is 1.30. The van der Waals surface area contributed by atoms with Crippen LogP contribution in [-0.2, 0) is 6.54 Å². The molecule has 0 bridgehead atoms. The molecule has 0 amide bonds. The molecule has 0 heterocycles. The maximum Gasteiger partial charge on any atom is 0.172 e. The summed E-state index contributed by atoms with van der Waals surface area (Å²) < 4.78 is 12.0. The third-order valence-corrected chi connectivity index (χ3v) is 4.05. The molecule has 21 heavy (non-hydrogen) atoms. The van der Waals surface area contributed by atoms with Crippen molar-refractivity contribution in [2.24, 2.45) is 0 Å². The lowest BCUT2D eigenvalue weighted by Crippen LogP contribution is -2.02. The van der Waals surface area contributed by atoms with E-state index in [1.807, 2.05) is 24.3 Å². The number of anilines is 1. The minimum atomic E-state index is 0.0984. The number of phenols is 1. The SMILES string of the molecule is COc1ccc(Br)cc1NCc1cc(Br)c(O)c(OC)c1. The van der Waals surface area contributed by atoms with E-state index in [9.17, 15) is 5.11 Å². The van der Waals surface area contributed by atoms with Crippen LogP contribution in [0.2, 0.25) is 0 Å². The maximum atomic E-state index is 9.81. The monoisotopic (exact) mass is 415 g/mol. The van der Waals surface area contributed by atoms with Crippen molar-refractivity contribution >= 4 is 37.5 Å². The minimum absolute atomic E-state index is 0.0984. The van der Waals surface area contributed by atoms with Crippen LogP contribution < -0.4 is 14.8 Å². The predicted octanol–water partition coefficient (Wildman–Crippen LogP) is 4.55. The fourth-order valence-electron chi connectivity index (χ4n) is 1.90. The summed E-state index contributed by atoms with van der Waals surface area (Å²) >= 11 is 6.75. The van der Waals surface area contributed by atoms with Crippen molar-refractivity contribution in [2.75, 3.05) is 19.5 Å². The molecule has 0 atom stereocenters. The lowest BCUT2D eigenvalue weighted by molar-refractivity contribution is 0.371. The zero-order valence-corrected chi connectivity index (χ0v) is 14.8. The average molecular weight is 417 g/mol. The Morgan fingerprint density at radius 3 is 2.43 bits per heavy atom. The number of phenolic OH excluding ortho intramolecular Hbond substituents is 1. The molecule has 0 spiro atoms. The van der Waals surface area contributed by atoms with E-state index >= 15 is 0 Å². The fraction of sp³-hybridized carbons (Fsp3) is 0.200. The van der Waals surface area contributed by atoms with Gasteiger partial charge in [0.05, 0.1) is 24.4 Å². The lowest BCUT2D eigenvalue weighted by Gasteiger charge is -2.13. The number of ether oxygens (including phenoxy) is 2. The van der Waals surface area contributed by atoms with Crippen LogP contribution in [0.3, 0.4) is 0 Å². The Hall–Kier alpha value is -1.40. The van der Waals surface area contributed by atoms with E-state index < -0.39 is 0 Å². The summed E-state index contributed by atoms with van der Waals surface area (Å²) in [7, 11) is 3.16. The lowest BCUT2D eigenvalue weighted by atomic mass is 10.2. The van der Waals surface area contributed by atoms with Crippen LogP contribution in [-0.4, -0.2) is 19.3 Å². The molecule has 0 aromatic heterocycles. The minimum Gasteiger partial charge on any atom is -0.503 e. The first-order valence-electron chi connectivity index (χ1n) is 6.18. The van der Waals surface area contributed by atoms with Crippen LogP contribution in [0, 0.1) is 0 Å². The molecule has 6 heteroatoms. The Kier molecular flexibility index (Phi) is 5.36. The second kappa shape index (κ2) is 7.04. The van der Waals surface area contributed by atoms with Crippen molar-refractivity contribution < 1.29 is 14.6 Å². The highest BCUT2D eigenvalue weighted by molar-refractivity contribution is 9.10. The molecule has 0 radical (unpaired) electrons. The summed E-state index contributed by atoms with van der Waals surface area (Å²) in [6, 6.07) is 9.39. The normalized spacial score (nSPS) is 10.3. The quantitative estimate of drug-likeness (QED) is 0.750. The van der Waals surface area contributed by atoms with Gasteiger partial charge in [0.2, 0.25) is 0 Å². The standard InChI is InChI=1S/C15H15Br2NO3/c1-20-13-4-3-10(16)7-12(13)18-8-9-5-11(17)15(19)14(6-9)21-2/h3-7,18-19H,8H2,1-2H3. The highest BCUT2D eigenvalue weighted by Crippen LogP contribution is 2.35. The number of nitrogens with one attached hydrogen (secondary N) is 1. The topological polar surface area (TPSA) is 50.7 Å². The highest BCUT2D eigenvalue weighted by Gasteiger charge is 2.09. The summed E-state index contributed by atoms with van der Waals surface area (Å²) in [6.07, 6.45) is 0. The molecule has 0 aliphatic carbocycles. The van der Waals surface area contributed by atoms with Crippen LogP contribution in [0.5, 0.6) is 17.2 Å². The molecule has 2 rings (SSSR count). The molecular weight excluding hydrogens is 402 g/mol. The van der Waals surface area contributed by atoms with Crippen LogP contribution in [0.4, 0.5) is 5.69 Å². The Morgan fingerprint density at radius 2 is 1.76 bits per heavy atom. The Labute approximate surface area is 140 Å². The number of rotatable bonds is 5. The van der Waals surface area contributed by atoms with E-state index in [0.29, 0.717) is 16.8 Å². The highest BCUT2D eigenvalue weighted by atomic mass is 79.9. The number of hydrogen-bond donors (Lipinski definition) is 2. The number of hydrogen-bond acceptors (Lipinski definition) is 4. The zero-order chi connectivity index (χ0) is 15.4. The first-order valence-corrected chi connectivity index (χ1v) is 7.76. The second-order valence-corrected chi connectivity index (χ2v) is 6.10. The number of aromatic hydroxyl groups is 1. The van der Waals surface area contributed by atoms with Gasteiger partial charge < -0.3 is 19.9 Å². The van der Waals surface area contributed by atoms with E-state index in [-0.39, 0.29) is 5.75 Å². The first-order chi connectivity index (χ1) is 10.0. The van der Waals surface area contributed by atoms with Gasteiger partial charge in [0.15, 0.2) is 11.5 Å². The molecule has 0 unspecified atom stereocenters. The molecular formula is C15H15Br2NO3. The predicted molar refractivity (Wildman–Crippen MR) is 90.4 cm³/mol. The van der Waals surface area contributed by atoms with Crippen molar-refractivity contribution in [2.45, 2.75) is 6.54 Å². The van der Waals surface area contributed by atoms with Crippen molar-refractivity contribution in [3.63, 3.8) is 0 Å². The van der Waals surface area contributed by atoms with Gasteiger partial charge in [-0.2, -0.15) is 0 Å². The number of benzene rings is 2. The molecule has 2 aromatic carbocycles. The number of halogens is 2. The van der Waals surface area contributed by atoms with Crippen LogP contribution in [0.15, 0.2) is 39.3 Å². The second-order valence-electron chi connectivity index (χ2n) is 4.33. The van der Waals surface area contributed by atoms with Gasteiger partial charge in [0, 0.05) is 11.0 Å². The van der Waals surface area contributed by atoms with Crippen molar-refractivity contribution in [1.29, 1.82) is 0 Å². The Morgan fingerprint density at radius 1 is 1.05 bits per heavy atom. The average Bonchev–Trinajstić information content (AvgIpc) is 2.48. The number of methoxy groups -OCH3 is 2. The van der Waals surface area contributed by atoms with Gasteiger partial charge in [-0.15, -0.1) is 0 Å². The molecule has 0 fully saturated rings. The first kappa shape index (κ1) is 16.0. The molecule has 2 N–H and O–H groups in total. The zero-order valence-electron chi connectivity index (χ0n) is 11.6. The largest absolute Gasteiger partial charge is 0.503 e. The Bertz CT molecular complexity index is 647. The van der Waals surface area contributed by atoms with Gasteiger partial charge in [-0.1, -0.05) is 15.9 Å². The smallest absolute Gasteiger partial charge is 0.172 e. The van der Waals surface area contributed by atoms with Crippen molar-refractivity contribution in [3.8, 4) is 17.2 Å². The molecule has 4 nitrogen and oxygen atoms in total. The van der Waals surface area contributed by atoms with E-state index in [1.165, 1.54) is 7.11 Å². The van der Waals surface area contributed by atoms with E-state index in [2.05, 4.69) is 37.2 Å². The molecule has 0 aliphatic rings. The van der Waals surface area contributed by atoms with Gasteiger partial charge in [0.25, 0.3) is 0 Å². The fourth-order valence-corrected chi connectivity index (χ4v) is 2.75. The van der Waals surface area contributed by atoms with E-state index in [4.69, 9.17) is 9.47 Å². The maximum absolute atomic E-state index is 9.81. The van der Waals surface area contributed by atoms with Crippen LogP contribution in [0.25, 0.3) is 0 Å². The molecule has 112 valence electrons. The third-order valence-electron chi connectivity index (χ3n) is 2.95. The van der Waals surface area contributed by atoms with Crippen LogP contribution in [0.1, 0.15) is 5.56 Å². The van der Waals surface area contributed by atoms with Gasteiger partial charge in [-0.3, -0.25) is 0 Å². The van der Waals surface area contributed by atoms with Gasteiger partial charge in [-0.05, 0) is 51.8 Å². The third kappa shape index (κ3) is 3.83. The molecule has 0 saturated heterocycles. The molecule has 0 saturated carbocycles. The molecule has 0 aliphatic heterocycles. The summed E-state index contributed by atoms with van der Waals surface area (Å²) in [5.41, 5.74) is 1.86. The van der Waals surface area contributed by atoms with E-state index in [1.54, 1.807) is 13.2 Å². The molecule has 2 aromatic rings. The summed E-state index contributed by atoms with van der Waals surface area (Å²) in [4.78, 5) is 0. The van der Waals surface area contributed by atoms with Gasteiger partial charge in [-0.25, -0.2) is 0 Å². The van der Waals surface area contributed by atoms with E-state index in [0.717, 1.165) is 21.5 Å². The Balaban J connectivity index is 2.20. The van der Waals surface area contributed by atoms with Gasteiger partial charge >= 0.3 is 0 Å². The summed E-state index contributed by atoms with van der Waals surface area (Å²) in [6.45, 7) is 0.571.